The van der Waals surface area contributed by atoms with Crippen LogP contribution in [0.3, 0.4) is 0 Å². The van der Waals surface area contributed by atoms with Crippen molar-refractivity contribution in [3.8, 4) is 0 Å². The highest BCUT2D eigenvalue weighted by atomic mass is 35.5. The Morgan fingerprint density at radius 1 is 1.14 bits per heavy atom. The zero-order valence-electron chi connectivity index (χ0n) is 19.9. The number of thioether (sulfide) groups is 1. The predicted molar refractivity (Wildman–Crippen MR) is 135 cm³/mol. The first kappa shape index (κ1) is 27.1. The molecular formula is C24H25ClF3N5O3S. The molecule has 1 saturated heterocycles. The number of aromatic nitrogens is 2. The second kappa shape index (κ2) is 12.1. The van der Waals surface area contributed by atoms with Gasteiger partial charge in [-0.25, -0.2) is 9.97 Å². The Morgan fingerprint density at radius 3 is 2.57 bits per heavy atom. The zero-order chi connectivity index (χ0) is 26.4. The first-order chi connectivity index (χ1) is 17.7. The largest absolute Gasteiger partial charge is 0.455 e. The molecule has 4 rings (SSSR count). The van der Waals surface area contributed by atoms with Gasteiger partial charge in [0.05, 0.1) is 23.1 Å². The lowest BCUT2D eigenvalue weighted by Crippen LogP contribution is -2.47. The summed E-state index contributed by atoms with van der Waals surface area (Å²) in [6.45, 7) is 2.80. The lowest BCUT2D eigenvalue weighted by atomic mass is 10.2. The number of alkyl halides is 3. The quantitative estimate of drug-likeness (QED) is 0.230. The minimum absolute atomic E-state index is 0.0270. The van der Waals surface area contributed by atoms with Crippen LogP contribution in [0, 0.1) is 0 Å². The van der Waals surface area contributed by atoms with Crippen molar-refractivity contribution in [1.29, 1.82) is 0 Å². The third kappa shape index (κ3) is 7.08. The molecule has 198 valence electrons. The van der Waals surface area contributed by atoms with Gasteiger partial charge in [-0.05, 0) is 24.3 Å². The van der Waals surface area contributed by atoms with Crippen molar-refractivity contribution in [2.75, 3.05) is 56.2 Å². The lowest BCUT2D eigenvalue weighted by molar-refractivity contribution is -0.141. The SMILES string of the molecule is COCCNC(=O)c1ccc(CSc2nc(N3CCN(c4ccccc4Cl)CC3)cc(C(F)(F)F)n2)o1. The van der Waals surface area contributed by atoms with Gasteiger partial charge in [-0.15, -0.1) is 0 Å². The number of carbonyl (C=O) groups excluding carboxylic acids is 1. The fourth-order valence-electron chi connectivity index (χ4n) is 3.74. The molecule has 1 fully saturated rings. The van der Waals surface area contributed by atoms with E-state index in [0.717, 1.165) is 23.5 Å². The summed E-state index contributed by atoms with van der Waals surface area (Å²) >= 11 is 7.30. The molecule has 37 heavy (non-hydrogen) atoms. The van der Waals surface area contributed by atoms with Gasteiger partial charge in [0.1, 0.15) is 11.6 Å². The van der Waals surface area contributed by atoms with Gasteiger partial charge in [0, 0.05) is 45.9 Å². The molecule has 1 aromatic carbocycles. The number of anilines is 2. The van der Waals surface area contributed by atoms with E-state index in [2.05, 4.69) is 20.2 Å². The normalized spacial score (nSPS) is 14.2. The van der Waals surface area contributed by atoms with E-state index in [4.69, 9.17) is 20.8 Å². The topological polar surface area (TPSA) is 83.7 Å². The summed E-state index contributed by atoms with van der Waals surface area (Å²) in [4.78, 5) is 24.1. The average molecular weight is 556 g/mol. The van der Waals surface area contributed by atoms with Gasteiger partial charge in [0.25, 0.3) is 5.91 Å². The summed E-state index contributed by atoms with van der Waals surface area (Å²) < 4.78 is 51.3. The number of hydrogen-bond acceptors (Lipinski definition) is 8. The number of amides is 1. The molecule has 1 aliphatic heterocycles. The van der Waals surface area contributed by atoms with Crippen LogP contribution in [-0.4, -0.2) is 62.3 Å². The van der Waals surface area contributed by atoms with Crippen LogP contribution in [0.25, 0.3) is 0 Å². The van der Waals surface area contributed by atoms with E-state index in [9.17, 15) is 18.0 Å². The third-order valence-corrected chi connectivity index (χ3v) is 6.79. The van der Waals surface area contributed by atoms with Crippen LogP contribution < -0.4 is 15.1 Å². The van der Waals surface area contributed by atoms with Crippen molar-refractivity contribution in [3.05, 3.63) is 64.7 Å². The molecule has 1 aliphatic rings. The number of para-hydroxylation sites is 1. The number of carbonyl (C=O) groups is 1. The van der Waals surface area contributed by atoms with Gasteiger partial charge in [0.15, 0.2) is 16.6 Å². The molecule has 0 unspecified atom stereocenters. The van der Waals surface area contributed by atoms with Crippen molar-refractivity contribution < 1.29 is 27.1 Å². The first-order valence-corrected chi connectivity index (χ1v) is 12.8. The summed E-state index contributed by atoms with van der Waals surface area (Å²) in [7, 11) is 1.52. The van der Waals surface area contributed by atoms with E-state index in [1.807, 2.05) is 29.2 Å². The number of piperazine rings is 1. The predicted octanol–water partition coefficient (Wildman–Crippen LogP) is 4.74. The maximum absolute atomic E-state index is 13.6. The van der Waals surface area contributed by atoms with Crippen LogP contribution in [0.2, 0.25) is 5.02 Å². The number of furan rings is 1. The molecule has 3 heterocycles. The van der Waals surface area contributed by atoms with E-state index in [1.54, 1.807) is 6.07 Å². The Kier molecular flexibility index (Phi) is 8.83. The Labute approximate surface area is 221 Å². The number of hydrogen-bond donors (Lipinski definition) is 1. The summed E-state index contributed by atoms with van der Waals surface area (Å²) in [5.74, 6) is 0.488. The molecule has 0 saturated carbocycles. The Bertz CT molecular complexity index is 1220. The number of nitrogens with zero attached hydrogens (tertiary/aromatic N) is 4. The van der Waals surface area contributed by atoms with Gasteiger partial charge in [0.2, 0.25) is 0 Å². The zero-order valence-corrected chi connectivity index (χ0v) is 21.5. The molecule has 13 heteroatoms. The monoisotopic (exact) mass is 555 g/mol. The van der Waals surface area contributed by atoms with E-state index in [-0.39, 0.29) is 22.5 Å². The number of halogens is 4. The highest BCUT2D eigenvalue weighted by molar-refractivity contribution is 7.98. The molecule has 0 spiro atoms. The van der Waals surface area contributed by atoms with Crippen LogP contribution in [0.15, 0.2) is 52.0 Å². The lowest BCUT2D eigenvalue weighted by Gasteiger charge is -2.37. The van der Waals surface area contributed by atoms with Gasteiger partial charge in [-0.1, -0.05) is 35.5 Å². The molecule has 0 bridgehead atoms. The van der Waals surface area contributed by atoms with E-state index < -0.39 is 17.8 Å². The van der Waals surface area contributed by atoms with E-state index in [1.165, 1.54) is 13.2 Å². The molecule has 0 atom stereocenters. The van der Waals surface area contributed by atoms with Crippen molar-refractivity contribution >= 4 is 40.8 Å². The summed E-state index contributed by atoms with van der Waals surface area (Å²) in [6, 6.07) is 11.6. The summed E-state index contributed by atoms with van der Waals surface area (Å²) in [5, 5.41) is 3.24. The maximum atomic E-state index is 13.6. The minimum Gasteiger partial charge on any atom is -0.455 e. The van der Waals surface area contributed by atoms with Crippen molar-refractivity contribution in [2.24, 2.45) is 0 Å². The molecule has 1 amide bonds. The van der Waals surface area contributed by atoms with Crippen LogP contribution in [0.4, 0.5) is 24.7 Å². The molecule has 0 aliphatic carbocycles. The second-order valence-electron chi connectivity index (χ2n) is 8.12. The number of rotatable bonds is 9. The second-order valence-corrected chi connectivity index (χ2v) is 9.47. The van der Waals surface area contributed by atoms with Crippen LogP contribution in [-0.2, 0) is 16.7 Å². The number of ether oxygens (including phenoxy) is 1. The van der Waals surface area contributed by atoms with Crippen LogP contribution in [0.1, 0.15) is 22.0 Å². The van der Waals surface area contributed by atoms with Crippen molar-refractivity contribution in [1.82, 2.24) is 15.3 Å². The smallest absolute Gasteiger partial charge is 0.433 e. The van der Waals surface area contributed by atoms with Gasteiger partial charge in [-0.3, -0.25) is 4.79 Å². The molecule has 3 aromatic rings. The molecule has 2 aromatic heterocycles. The molecule has 8 nitrogen and oxygen atoms in total. The third-order valence-electron chi connectivity index (χ3n) is 5.60. The van der Waals surface area contributed by atoms with Crippen LogP contribution in [0.5, 0.6) is 0 Å². The number of benzene rings is 1. The van der Waals surface area contributed by atoms with Gasteiger partial charge >= 0.3 is 6.18 Å². The Morgan fingerprint density at radius 2 is 1.86 bits per heavy atom. The Balaban J connectivity index is 1.44. The first-order valence-electron chi connectivity index (χ1n) is 11.4. The highest BCUT2D eigenvalue weighted by Crippen LogP contribution is 2.33. The highest BCUT2D eigenvalue weighted by Gasteiger charge is 2.34. The molecule has 0 radical (unpaired) electrons. The van der Waals surface area contributed by atoms with Crippen molar-refractivity contribution in [2.45, 2.75) is 17.1 Å². The van der Waals surface area contributed by atoms with Crippen LogP contribution >= 0.6 is 23.4 Å². The average Bonchev–Trinajstić information content (AvgIpc) is 3.37. The maximum Gasteiger partial charge on any atom is 0.433 e. The number of methoxy groups -OCH3 is 1. The molecular weight excluding hydrogens is 531 g/mol. The minimum atomic E-state index is -4.62. The van der Waals surface area contributed by atoms with Gasteiger partial charge < -0.3 is 24.3 Å². The molecule has 1 N–H and O–H groups in total. The fourth-order valence-corrected chi connectivity index (χ4v) is 4.74. The summed E-state index contributed by atoms with van der Waals surface area (Å²) in [5.41, 5.74) is -0.116. The van der Waals surface area contributed by atoms with E-state index in [0.29, 0.717) is 50.1 Å². The Hall–Kier alpha value is -2.96. The fraction of sp³-hybridized carbons (Fsp3) is 0.375. The summed E-state index contributed by atoms with van der Waals surface area (Å²) in [6.07, 6.45) is -4.62. The van der Waals surface area contributed by atoms with Gasteiger partial charge in [-0.2, -0.15) is 13.2 Å². The van der Waals surface area contributed by atoms with Crippen molar-refractivity contribution in [3.63, 3.8) is 0 Å². The number of nitrogens with one attached hydrogen (secondary N) is 1. The standard InChI is InChI=1S/C24H25ClF3N5O3S/c1-35-13-8-29-22(34)19-7-6-16(36-19)15-37-23-30-20(24(26,27)28)14-21(31-23)33-11-9-32(10-12-33)18-5-3-2-4-17(18)25/h2-7,14H,8-13,15H2,1H3,(H,29,34). The van der Waals surface area contributed by atoms with E-state index >= 15 is 0 Å².